The third kappa shape index (κ3) is 15.0. The van der Waals surface area contributed by atoms with Gasteiger partial charge in [-0.2, -0.15) is 8.42 Å². The zero-order chi connectivity index (χ0) is 68.7. The van der Waals surface area contributed by atoms with Crippen molar-refractivity contribution in [3.63, 3.8) is 0 Å². The van der Waals surface area contributed by atoms with Crippen molar-refractivity contribution in [1.29, 1.82) is 0 Å². The lowest BCUT2D eigenvalue weighted by Gasteiger charge is -2.59. The standard InChI is InChI=1S/C62H102O31S/c1-22(2)16-28(64)17-23(3)31-10-11-32-30-19-35(34-18-29(93-94(78,79)80)12-14-62(34,9)33(30)13-15-61(31,32)8)86-57-49(76)52(41(68)26(6)84-57)90-59-53(91-56-48(75)45(72)39(66)25(5)83-56)43(70)37(21-81-59)88-60-54(46(73)42(69)36(20-63)87-60)92-58-50(77)51(40(67)27(7)85-58)89-55-47(74)44(71)38(65)24(4)82-55/h19,22-27,29,31-60,63,65-77H,10-18,20-21H2,1-9H3,(H,78,79,80)/t23-,24?,25?,26?,27?,29+,31-,32?,33?,34?,35+,36?,37?,38?,39?,40?,41?,42?,43?,44?,45?,46?,47?,48?,49?,50?,51?,52?,53?,54?,55?,56?,57?,58?,59?,60?,61-,62-/m1/s1. The number of carbonyl (C=O) groups excluding carboxylic acids is 1. The normalized spacial score (nSPS) is 52.1. The fraction of sp³-hybridized carbons (Fsp3) is 0.952. The number of ether oxygens (including phenoxy) is 12. The van der Waals surface area contributed by atoms with Gasteiger partial charge in [-0.1, -0.05) is 46.3 Å². The van der Waals surface area contributed by atoms with Crippen molar-refractivity contribution in [2.75, 3.05) is 13.2 Å². The number of hydrogen-bond donors (Lipinski definition) is 15. The van der Waals surface area contributed by atoms with Crippen LogP contribution >= 0.6 is 0 Å². The van der Waals surface area contributed by atoms with E-state index in [1.54, 1.807) is 0 Å². The van der Waals surface area contributed by atoms with Crippen molar-refractivity contribution in [2.24, 2.45) is 46.3 Å². The van der Waals surface area contributed by atoms with Crippen LogP contribution in [0.1, 0.15) is 120 Å². The fourth-order valence-electron chi connectivity index (χ4n) is 17.1. The summed E-state index contributed by atoms with van der Waals surface area (Å²) in [5.74, 6) is 0.471. The van der Waals surface area contributed by atoms with Gasteiger partial charge in [-0.05, 0) is 119 Å². The van der Waals surface area contributed by atoms with E-state index in [0.29, 0.717) is 25.7 Å². The van der Waals surface area contributed by atoms with Gasteiger partial charge in [-0.25, -0.2) is 4.18 Å². The molecule has 32 heteroatoms. The third-order valence-electron chi connectivity index (χ3n) is 22.4. The van der Waals surface area contributed by atoms with E-state index in [2.05, 4.69) is 26.8 Å². The minimum Gasteiger partial charge on any atom is -0.394 e. The number of hydrogen-bond acceptors (Lipinski definition) is 30. The molecule has 4 aliphatic carbocycles. The molecule has 3 saturated carbocycles. The molecule has 6 aliphatic heterocycles. The molecule has 6 saturated heterocycles. The number of aliphatic hydroxyl groups is 14. The average molecular weight is 1380 g/mol. The molecule has 0 bridgehead atoms. The Balaban J connectivity index is 0.909. The lowest BCUT2D eigenvalue weighted by atomic mass is 9.47. The quantitative estimate of drug-likeness (QED) is 0.0428. The molecule has 32 unspecified atom stereocenters. The highest BCUT2D eigenvalue weighted by Crippen LogP contribution is 2.67. The second kappa shape index (κ2) is 29.7. The van der Waals surface area contributed by atoms with E-state index in [9.17, 15) is 89.3 Å². The second-order valence-electron chi connectivity index (χ2n) is 29.2. The van der Waals surface area contributed by atoms with Crippen molar-refractivity contribution in [2.45, 2.75) is 310 Å². The minimum atomic E-state index is -4.88. The Morgan fingerprint density at radius 2 is 1.02 bits per heavy atom. The number of fused-ring (bicyclic) bond motifs is 5. The first-order chi connectivity index (χ1) is 44.1. The Labute approximate surface area is 546 Å². The van der Waals surface area contributed by atoms with Crippen LogP contribution in [0.2, 0.25) is 0 Å². The lowest BCUT2D eigenvalue weighted by Crippen LogP contribution is -2.67. The second-order valence-corrected chi connectivity index (χ2v) is 30.2. The molecule has 0 radical (unpaired) electrons. The molecule has 0 spiro atoms. The first kappa shape index (κ1) is 74.9. The highest BCUT2D eigenvalue weighted by atomic mass is 32.3. The van der Waals surface area contributed by atoms with Crippen LogP contribution in [0.4, 0.5) is 0 Å². The first-order valence-corrected chi connectivity index (χ1v) is 34.6. The molecule has 0 aromatic carbocycles. The summed E-state index contributed by atoms with van der Waals surface area (Å²) in [6.45, 7) is 14.6. The van der Waals surface area contributed by atoms with Gasteiger partial charge >= 0.3 is 10.4 Å². The van der Waals surface area contributed by atoms with Gasteiger partial charge in [-0.3, -0.25) is 9.35 Å². The molecular formula is C62H102O31S. The van der Waals surface area contributed by atoms with Gasteiger partial charge in [0.15, 0.2) is 37.7 Å². The molecule has 9 fully saturated rings. The van der Waals surface area contributed by atoms with E-state index in [1.165, 1.54) is 27.7 Å². The van der Waals surface area contributed by atoms with Gasteiger partial charge in [0, 0.05) is 12.8 Å². The van der Waals surface area contributed by atoms with Gasteiger partial charge in [0.25, 0.3) is 0 Å². The van der Waals surface area contributed by atoms with E-state index in [1.807, 2.05) is 13.8 Å². The zero-order valence-electron chi connectivity index (χ0n) is 54.4. The van der Waals surface area contributed by atoms with Crippen molar-refractivity contribution < 1.29 is 150 Å². The summed E-state index contributed by atoms with van der Waals surface area (Å²) >= 11 is 0. The molecule has 38 atom stereocenters. The monoisotopic (exact) mass is 1370 g/mol. The Kier molecular flexibility index (Phi) is 23.6. The van der Waals surface area contributed by atoms with E-state index < -0.39 is 225 Å². The van der Waals surface area contributed by atoms with Crippen molar-refractivity contribution in [3.8, 4) is 0 Å². The molecule has 0 aromatic heterocycles. The van der Waals surface area contributed by atoms with Crippen molar-refractivity contribution in [3.05, 3.63) is 11.6 Å². The Bertz CT molecular complexity index is 2680. The molecule has 31 nitrogen and oxygen atoms in total. The van der Waals surface area contributed by atoms with Crippen LogP contribution < -0.4 is 0 Å². The predicted octanol–water partition coefficient (Wildman–Crippen LogP) is -2.94. The molecule has 15 N–H and O–H groups in total. The van der Waals surface area contributed by atoms with E-state index in [-0.39, 0.29) is 47.2 Å². The Morgan fingerprint density at radius 1 is 0.532 bits per heavy atom. The number of allylic oxidation sites excluding steroid dienone is 1. The largest absolute Gasteiger partial charge is 0.397 e. The van der Waals surface area contributed by atoms with Crippen LogP contribution in [0.3, 0.4) is 0 Å². The molecule has 0 amide bonds. The van der Waals surface area contributed by atoms with Crippen molar-refractivity contribution in [1.82, 2.24) is 0 Å². The minimum absolute atomic E-state index is 0.0326. The summed E-state index contributed by atoms with van der Waals surface area (Å²) in [4.78, 5) is 13.2. The van der Waals surface area contributed by atoms with E-state index in [4.69, 9.17) is 61.0 Å². The number of aliphatic hydroxyl groups excluding tert-OH is 14. The van der Waals surface area contributed by atoms with Crippen LogP contribution in [0.15, 0.2) is 11.6 Å². The predicted molar refractivity (Wildman–Crippen MR) is 315 cm³/mol. The highest BCUT2D eigenvalue weighted by Gasteiger charge is 2.63. The van der Waals surface area contributed by atoms with E-state index >= 15 is 0 Å². The summed E-state index contributed by atoms with van der Waals surface area (Å²) < 4.78 is 113. The van der Waals surface area contributed by atoms with E-state index in [0.717, 1.165) is 31.3 Å². The maximum atomic E-state index is 13.2. The van der Waals surface area contributed by atoms with Crippen LogP contribution in [0.5, 0.6) is 0 Å². The number of Topliss-reactive ketones (excluding diaryl/α,β-unsaturated/α-hetero) is 1. The molecular weight excluding hydrogens is 1270 g/mol. The van der Waals surface area contributed by atoms with Crippen molar-refractivity contribution >= 4 is 16.2 Å². The third-order valence-corrected chi connectivity index (χ3v) is 22.9. The first-order valence-electron chi connectivity index (χ1n) is 33.2. The van der Waals surface area contributed by atoms with Gasteiger partial charge in [0.1, 0.15) is 122 Å². The zero-order valence-corrected chi connectivity index (χ0v) is 55.2. The highest BCUT2D eigenvalue weighted by molar-refractivity contribution is 7.80. The average Bonchev–Trinajstić information content (AvgIpc) is 1.30. The maximum absolute atomic E-state index is 13.2. The van der Waals surface area contributed by atoms with Crippen LogP contribution in [0.25, 0.3) is 0 Å². The summed E-state index contributed by atoms with van der Waals surface area (Å²) in [5, 5.41) is 157. The number of ketones is 1. The lowest BCUT2D eigenvalue weighted by molar-refractivity contribution is -0.402. The molecule has 542 valence electrons. The smallest absolute Gasteiger partial charge is 0.394 e. The van der Waals surface area contributed by atoms with Crippen LogP contribution in [0, 0.1) is 46.3 Å². The summed E-state index contributed by atoms with van der Waals surface area (Å²) in [6, 6.07) is 0. The van der Waals surface area contributed by atoms with Gasteiger partial charge in [-0.15, -0.1) is 0 Å². The molecule has 0 aromatic rings. The Morgan fingerprint density at radius 3 is 1.56 bits per heavy atom. The van der Waals surface area contributed by atoms with Gasteiger partial charge in [0.2, 0.25) is 0 Å². The summed E-state index contributed by atoms with van der Waals surface area (Å²) in [6.07, 6.45) is -44.7. The topological polar surface area (TPSA) is 475 Å². The van der Waals surface area contributed by atoms with Crippen LogP contribution in [-0.2, 0) is 76.2 Å². The molecule has 10 rings (SSSR count). The number of carbonyl (C=O) groups is 1. The Hall–Kier alpha value is -1.76. The molecule has 6 heterocycles. The van der Waals surface area contributed by atoms with Gasteiger partial charge < -0.3 is 128 Å². The molecule has 10 aliphatic rings. The fourth-order valence-corrected chi connectivity index (χ4v) is 17.6. The van der Waals surface area contributed by atoms with Crippen LogP contribution in [-0.4, -0.2) is 294 Å². The molecule has 94 heavy (non-hydrogen) atoms. The van der Waals surface area contributed by atoms with Gasteiger partial charge in [0.05, 0.1) is 49.8 Å². The summed E-state index contributed by atoms with van der Waals surface area (Å²) in [5.41, 5.74) is 0.450. The maximum Gasteiger partial charge on any atom is 0.397 e. The number of rotatable bonds is 20. The SMILES string of the molecule is CC(C)CC(=O)C[C@@H](C)[C@H]1CCC2C3=C[C@H](OC4OC(C)C(O)C(OC5OCC(OC6OC(CO)C(O)C(O)C6OC6OC(C)C(O)C(OC7OC(C)C(O)C(O)C7O)C6O)C(O)C5OC5OC(C)C(O)C(O)C5O)C4O)C4C[C@@H](OS(=O)(=O)O)CC[C@]4(C)C3CC[C@@]21C. The summed E-state index contributed by atoms with van der Waals surface area (Å²) in [7, 11) is -4.88.